The van der Waals surface area contributed by atoms with Gasteiger partial charge in [-0.3, -0.25) is 9.69 Å². The summed E-state index contributed by atoms with van der Waals surface area (Å²) in [4.78, 5) is 17.0. The van der Waals surface area contributed by atoms with Crippen molar-refractivity contribution in [2.24, 2.45) is 0 Å². The Kier molecular flexibility index (Phi) is 6.40. The van der Waals surface area contributed by atoms with E-state index in [-0.39, 0.29) is 11.9 Å². The van der Waals surface area contributed by atoms with Gasteiger partial charge >= 0.3 is 0 Å². The first-order valence-electron chi connectivity index (χ1n) is 8.33. The minimum atomic E-state index is 0.220. The molecule has 0 radical (unpaired) electrons. The van der Waals surface area contributed by atoms with Gasteiger partial charge in [-0.15, -0.1) is 0 Å². The average Bonchev–Trinajstić information content (AvgIpc) is 2.53. The molecule has 4 nitrogen and oxygen atoms in total. The van der Waals surface area contributed by atoms with Gasteiger partial charge in [0.15, 0.2) is 0 Å². The quantitative estimate of drug-likeness (QED) is 0.874. The van der Waals surface area contributed by atoms with Crippen molar-refractivity contribution in [3.8, 4) is 0 Å². The number of likely N-dealkylation sites (N-methyl/N-ethyl adjacent to an activating group) is 1. The van der Waals surface area contributed by atoms with Crippen LogP contribution >= 0.6 is 0 Å². The van der Waals surface area contributed by atoms with Crippen LogP contribution in [0.25, 0.3) is 0 Å². The monoisotopic (exact) mass is 303 g/mol. The second-order valence-corrected chi connectivity index (χ2v) is 6.46. The van der Waals surface area contributed by atoms with Gasteiger partial charge in [0, 0.05) is 25.2 Å². The van der Waals surface area contributed by atoms with Crippen molar-refractivity contribution in [1.29, 1.82) is 0 Å². The van der Waals surface area contributed by atoms with Gasteiger partial charge in [0.2, 0.25) is 5.91 Å². The summed E-state index contributed by atoms with van der Waals surface area (Å²) in [5, 5.41) is 3.33. The number of nitrogens with zero attached hydrogens (tertiary/aromatic N) is 2. The zero-order valence-corrected chi connectivity index (χ0v) is 14.1. The Labute approximate surface area is 134 Å². The molecule has 1 atom stereocenters. The summed E-state index contributed by atoms with van der Waals surface area (Å²) >= 11 is 0. The van der Waals surface area contributed by atoms with Crippen molar-refractivity contribution < 1.29 is 4.79 Å². The summed E-state index contributed by atoms with van der Waals surface area (Å²) < 4.78 is 0. The topological polar surface area (TPSA) is 35.6 Å². The lowest BCUT2D eigenvalue weighted by molar-refractivity contribution is -0.135. The van der Waals surface area contributed by atoms with Crippen molar-refractivity contribution >= 4 is 5.91 Å². The summed E-state index contributed by atoms with van der Waals surface area (Å²) in [5.41, 5.74) is 1.19. The largest absolute Gasteiger partial charge is 0.335 e. The van der Waals surface area contributed by atoms with Crippen LogP contribution < -0.4 is 5.32 Å². The Hall–Kier alpha value is -1.39. The summed E-state index contributed by atoms with van der Waals surface area (Å²) in [6.45, 7) is 7.41. The number of carbonyl (C=O) groups excluding carboxylic acids is 1. The minimum Gasteiger partial charge on any atom is -0.335 e. The number of benzene rings is 1. The van der Waals surface area contributed by atoms with Gasteiger partial charge in [0.1, 0.15) is 0 Å². The molecule has 1 heterocycles. The molecule has 1 N–H and O–H groups in total. The van der Waals surface area contributed by atoms with Crippen LogP contribution in [0.5, 0.6) is 0 Å². The molecule has 4 heteroatoms. The molecule has 1 unspecified atom stereocenters. The van der Waals surface area contributed by atoms with E-state index in [4.69, 9.17) is 0 Å². The first-order chi connectivity index (χ1) is 10.6. The maximum Gasteiger partial charge on any atom is 0.237 e. The average molecular weight is 303 g/mol. The number of amides is 1. The maximum atomic E-state index is 12.7. The van der Waals surface area contributed by atoms with E-state index in [0.717, 1.165) is 13.1 Å². The molecule has 2 rings (SSSR count). The van der Waals surface area contributed by atoms with E-state index < -0.39 is 0 Å². The van der Waals surface area contributed by atoms with E-state index >= 15 is 0 Å². The third-order valence-electron chi connectivity index (χ3n) is 4.41. The van der Waals surface area contributed by atoms with Crippen LogP contribution in [-0.4, -0.2) is 54.5 Å². The SMILES string of the molecule is CNC1CCCN(CC(=O)N(Cc2ccccc2)C(C)C)C1. The molecule has 0 saturated carbocycles. The minimum absolute atomic E-state index is 0.220. The molecule has 0 bridgehead atoms. The number of hydrogen-bond donors (Lipinski definition) is 1. The molecule has 1 aromatic rings. The molecule has 1 amide bonds. The van der Waals surface area contributed by atoms with Gasteiger partial charge in [-0.2, -0.15) is 0 Å². The lowest BCUT2D eigenvalue weighted by Crippen LogP contribution is -2.49. The van der Waals surface area contributed by atoms with Crippen LogP contribution in [0.2, 0.25) is 0 Å². The van der Waals surface area contributed by atoms with E-state index in [0.29, 0.717) is 19.1 Å². The van der Waals surface area contributed by atoms with Gasteiger partial charge in [0.05, 0.1) is 6.54 Å². The Morgan fingerprint density at radius 2 is 2.09 bits per heavy atom. The first-order valence-corrected chi connectivity index (χ1v) is 8.33. The predicted octanol–water partition coefficient (Wildman–Crippen LogP) is 2.11. The smallest absolute Gasteiger partial charge is 0.237 e. The zero-order chi connectivity index (χ0) is 15.9. The van der Waals surface area contributed by atoms with Crippen LogP contribution in [0.15, 0.2) is 30.3 Å². The normalized spacial score (nSPS) is 19.4. The molecular formula is C18H29N3O. The molecule has 0 aliphatic carbocycles. The van der Waals surface area contributed by atoms with Gasteiger partial charge in [-0.25, -0.2) is 0 Å². The van der Waals surface area contributed by atoms with E-state index in [1.54, 1.807) is 0 Å². The zero-order valence-electron chi connectivity index (χ0n) is 14.1. The highest BCUT2D eigenvalue weighted by Gasteiger charge is 2.24. The molecule has 1 aliphatic rings. The molecule has 1 aromatic carbocycles. The van der Waals surface area contributed by atoms with Gasteiger partial charge in [0.25, 0.3) is 0 Å². The van der Waals surface area contributed by atoms with E-state index in [2.05, 4.69) is 36.2 Å². The highest BCUT2D eigenvalue weighted by atomic mass is 16.2. The van der Waals surface area contributed by atoms with Crippen LogP contribution in [0.1, 0.15) is 32.3 Å². The number of rotatable bonds is 6. The third-order valence-corrected chi connectivity index (χ3v) is 4.41. The fraction of sp³-hybridized carbons (Fsp3) is 0.611. The summed E-state index contributed by atoms with van der Waals surface area (Å²) in [6, 6.07) is 11.0. The number of piperidine rings is 1. The van der Waals surface area contributed by atoms with Crippen molar-refractivity contribution in [2.75, 3.05) is 26.7 Å². The Balaban J connectivity index is 1.95. The standard InChI is InChI=1S/C18H29N3O/c1-15(2)21(12-16-8-5-4-6-9-16)18(22)14-20-11-7-10-17(13-20)19-3/h4-6,8-9,15,17,19H,7,10-14H2,1-3H3. The fourth-order valence-electron chi connectivity index (χ4n) is 3.06. The van der Waals surface area contributed by atoms with E-state index in [1.165, 1.54) is 18.4 Å². The molecule has 0 aromatic heterocycles. The van der Waals surface area contributed by atoms with Gasteiger partial charge in [-0.05, 0) is 45.8 Å². The molecule has 1 fully saturated rings. The number of nitrogens with one attached hydrogen (secondary N) is 1. The second kappa shape index (κ2) is 8.30. The summed E-state index contributed by atoms with van der Waals surface area (Å²) in [5.74, 6) is 0.232. The number of carbonyl (C=O) groups is 1. The van der Waals surface area contributed by atoms with Crippen LogP contribution in [0, 0.1) is 0 Å². The van der Waals surface area contributed by atoms with Crippen LogP contribution in [0.4, 0.5) is 0 Å². The van der Waals surface area contributed by atoms with E-state index in [1.807, 2.05) is 30.1 Å². The third kappa shape index (κ3) is 4.82. The fourth-order valence-corrected chi connectivity index (χ4v) is 3.06. The van der Waals surface area contributed by atoms with Crippen molar-refractivity contribution in [1.82, 2.24) is 15.1 Å². The molecule has 122 valence electrons. The Morgan fingerprint density at radius 3 is 2.73 bits per heavy atom. The Bertz CT molecular complexity index is 461. The number of hydrogen-bond acceptors (Lipinski definition) is 3. The number of likely N-dealkylation sites (tertiary alicyclic amines) is 1. The maximum absolute atomic E-state index is 12.7. The molecular weight excluding hydrogens is 274 g/mol. The van der Waals surface area contributed by atoms with Crippen LogP contribution in [0.3, 0.4) is 0 Å². The lowest BCUT2D eigenvalue weighted by atomic mass is 10.1. The predicted molar refractivity (Wildman–Crippen MR) is 90.6 cm³/mol. The molecule has 1 saturated heterocycles. The highest BCUT2D eigenvalue weighted by molar-refractivity contribution is 5.78. The molecule has 0 spiro atoms. The van der Waals surface area contributed by atoms with Gasteiger partial charge in [-0.1, -0.05) is 30.3 Å². The van der Waals surface area contributed by atoms with Crippen molar-refractivity contribution in [3.63, 3.8) is 0 Å². The molecule has 22 heavy (non-hydrogen) atoms. The van der Waals surface area contributed by atoms with E-state index in [9.17, 15) is 4.79 Å². The summed E-state index contributed by atoms with van der Waals surface area (Å²) in [7, 11) is 2.01. The lowest BCUT2D eigenvalue weighted by Gasteiger charge is -2.34. The van der Waals surface area contributed by atoms with Crippen LogP contribution in [-0.2, 0) is 11.3 Å². The van der Waals surface area contributed by atoms with Crippen molar-refractivity contribution in [2.45, 2.75) is 45.3 Å². The summed E-state index contributed by atoms with van der Waals surface area (Å²) in [6.07, 6.45) is 2.37. The van der Waals surface area contributed by atoms with Crippen molar-refractivity contribution in [3.05, 3.63) is 35.9 Å². The second-order valence-electron chi connectivity index (χ2n) is 6.46. The highest BCUT2D eigenvalue weighted by Crippen LogP contribution is 2.13. The first kappa shape index (κ1) is 17.0. The van der Waals surface area contributed by atoms with Gasteiger partial charge < -0.3 is 10.2 Å². The molecule has 1 aliphatic heterocycles. The Morgan fingerprint density at radius 1 is 1.36 bits per heavy atom.